The highest BCUT2D eigenvalue weighted by molar-refractivity contribution is 7.81. The van der Waals surface area contributed by atoms with Gasteiger partial charge in [0.1, 0.15) is 0 Å². The molecule has 0 aromatic carbocycles. The van der Waals surface area contributed by atoms with Crippen molar-refractivity contribution in [3.63, 3.8) is 0 Å². The molecule has 1 aliphatic rings. The zero-order valence-corrected chi connectivity index (χ0v) is 11.0. The lowest BCUT2D eigenvalue weighted by atomic mass is 10.1. The Morgan fingerprint density at radius 2 is 1.75 bits per heavy atom. The quantitative estimate of drug-likeness (QED) is 0.687. The third-order valence-corrected chi connectivity index (χ3v) is 3.04. The van der Waals surface area contributed by atoms with Crippen LogP contribution in [0.1, 0.15) is 20.8 Å². The van der Waals surface area contributed by atoms with E-state index in [0.29, 0.717) is 25.6 Å². The summed E-state index contributed by atoms with van der Waals surface area (Å²) >= 11 is 4.16. The molecule has 92 valence electrons. The van der Waals surface area contributed by atoms with E-state index in [9.17, 15) is 9.59 Å². The number of carbonyl (C=O) groups excluding carboxylic acids is 2. The normalized spacial score (nSPS) is 23.9. The van der Waals surface area contributed by atoms with Crippen LogP contribution in [0.25, 0.3) is 0 Å². The van der Waals surface area contributed by atoms with Gasteiger partial charge in [-0.3, -0.25) is 9.59 Å². The van der Waals surface area contributed by atoms with Crippen LogP contribution in [0.2, 0.25) is 0 Å². The Morgan fingerprint density at radius 1 is 1.25 bits per heavy atom. The Labute approximate surface area is 102 Å². The van der Waals surface area contributed by atoms with E-state index in [1.807, 2.05) is 4.90 Å². The summed E-state index contributed by atoms with van der Waals surface area (Å²) in [5.74, 6) is 0.461. The van der Waals surface area contributed by atoms with Gasteiger partial charge in [0.15, 0.2) is 0 Å². The SMILES string of the molecule is CC(=O)N1CCN(C(=O)C(C)S)C[C@@H](C)C1. The molecule has 0 aliphatic carbocycles. The first kappa shape index (κ1) is 13.4. The lowest BCUT2D eigenvalue weighted by Crippen LogP contribution is -2.39. The van der Waals surface area contributed by atoms with Crippen LogP contribution < -0.4 is 0 Å². The van der Waals surface area contributed by atoms with Gasteiger partial charge in [-0.2, -0.15) is 12.6 Å². The van der Waals surface area contributed by atoms with Crippen LogP contribution in [0.5, 0.6) is 0 Å². The first-order valence-corrected chi connectivity index (χ1v) is 6.15. The molecule has 1 unspecified atom stereocenters. The molecule has 0 spiro atoms. The standard InChI is InChI=1S/C11H20N2O2S/c1-8-6-12(10(3)14)4-5-13(7-8)11(15)9(2)16/h8-9,16H,4-7H2,1-3H3/t8-,9?/m0/s1. The molecule has 0 aromatic rings. The molecule has 16 heavy (non-hydrogen) atoms. The van der Waals surface area contributed by atoms with Crippen LogP contribution in [0.4, 0.5) is 0 Å². The molecule has 0 saturated carbocycles. The maximum absolute atomic E-state index is 11.8. The second-order valence-electron chi connectivity index (χ2n) is 4.53. The molecule has 4 nitrogen and oxygen atoms in total. The molecule has 0 aromatic heterocycles. The molecule has 1 rings (SSSR count). The molecule has 2 atom stereocenters. The fraction of sp³-hybridized carbons (Fsp3) is 0.818. The molecule has 1 fully saturated rings. The van der Waals surface area contributed by atoms with Crippen LogP contribution in [0.15, 0.2) is 0 Å². The van der Waals surface area contributed by atoms with Crippen LogP contribution in [-0.2, 0) is 9.59 Å². The van der Waals surface area contributed by atoms with Crippen molar-refractivity contribution < 1.29 is 9.59 Å². The highest BCUT2D eigenvalue weighted by Gasteiger charge is 2.25. The fourth-order valence-corrected chi connectivity index (χ4v) is 2.15. The molecular formula is C11H20N2O2S. The number of nitrogens with zero attached hydrogens (tertiary/aromatic N) is 2. The lowest BCUT2D eigenvalue weighted by Gasteiger charge is -2.23. The Balaban J connectivity index is 2.66. The van der Waals surface area contributed by atoms with Crippen molar-refractivity contribution in [3.8, 4) is 0 Å². The van der Waals surface area contributed by atoms with E-state index in [2.05, 4.69) is 19.6 Å². The molecule has 0 bridgehead atoms. The van der Waals surface area contributed by atoms with E-state index < -0.39 is 0 Å². The molecule has 2 amide bonds. The smallest absolute Gasteiger partial charge is 0.235 e. The van der Waals surface area contributed by atoms with Crippen molar-refractivity contribution in [1.82, 2.24) is 9.80 Å². The molecule has 0 N–H and O–H groups in total. The Kier molecular flexibility index (Phi) is 4.65. The van der Waals surface area contributed by atoms with Crippen LogP contribution in [-0.4, -0.2) is 53.0 Å². The van der Waals surface area contributed by atoms with Crippen LogP contribution in [0.3, 0.4) is 0 Å². The average Bonchev–Trinajstić information content (AvgIpc) is 2.38. The van der Waals surface area contributed by atoms with Crippen molar-refractivity contribution in [2.24, 2.45) is 5.92 Å². The first-order chi connectivity index (χ1) is 7.41. The minimum Gasteiger partial charge on any atom is -0.341 e. The second-order valence-corrected chi connectivity index (χ2v) is 5.31. The molecule has 1 aliphatic heterocycles. The predicted molar refractivity (Wildman–Crippen MR) is 66.4 cm³/mol. The van der Waals surface area contributed by atoms with Crippen LogP contribution in [0, 0.1) is 5.92 Å². The van der Waals surface area contributed by atoms with Gasteiger partial charge < -0.3 is 9.80 Å². The van der Waals surface area contributed by atoms with Crippen molar-refractivity contribution in [3.05, 3.63) is 0 Å². The maximum Gasteiger partial charge on any atom is 0.235 e. The Hall–Kier alpha value is -0.710. The van der Waals surface area contributed by atoms with Gasteiger partial charge in [-0.05, 0) is 12.8 Å². The summed E-state index contributed by atoms with van der Waals surface area (Å²) in [6.45, 7) is 8.12. The zero-order valence-electron chi connectivity index (χ0n) is 10.1. The van der Waals surface area contributed by atoms with E-state index in [4.69, 9.17) is 0 Å². The van der Waals surface area contributed by atoms with E-state index in [1.54, 1.807) is 18.7 Å². The van der Waals surface area contributed by atoms with Crippen molar-refractivity contribution in [2.45, 2.75) is 26.0 Å². The molecular weight excluding hydrogens is 224 g/mol. The summed E-state index contributed by atoms with van der Waals surface area (Å²) in [4.78, 5) is 26.8. The number of hydrogen-bond donors (Lipinski definition) is 1. The third kappa shape index (κ3) is 3.40. The van der Waals surface area contributed by atoms with E-state index in [-0.39, 0.29) is 17.1 Å². The van der Waals surface area contributed by atoms with Crippen molar-refractivity contribution >= 4 is 24.4 Å². The number of hydrogen-bond acceptors (Lipinski definition) is 3. The monoisotopic (exact) mass is 244 g/mol. The summed E-state index contributed by atoms with van der Waals surface area (Å²) in [6, 6.07) is 0. The molecule has 5 heteroatoms. The highest BCUT2D eigenvalue weighted by Crippen LogP contribution is 2.11. The lowest BCUT2D eigenvalue weighted by molar-refractivity contribution is -0.132. The minimum absolute atomic E-state index is 0.0561. The van der Waals surface area contributed by atoms with Gasteiger partial charge in [0.25, 0.3) is 0 Å². The zero-order chi connectivity index (χ0) is 12.3. The minimum atomic E-state index is -0.268. The van der Waals surface area contributed by atoms with Gasteiger partial charge in [0, 0.05) is 33.1 Å². The largest absolute Gasteiger partial charge is 0.341 e. The predicted octanol–water partition coefficient (Wildman–Crippen LogP) is 0.631. The first-order valence-electron chi connectivity index (χ1n) is 5.64. The van der Waals surface area contributed by atoms with E-state index in [0.717, 1.165) is 6.54 Å². The van der Waals surface area contributed by atoms with E-state index >= 15 is 0 Å². The third-order valence-electron chi connectivity index (χ3n) is 2.82. The average molecular weight is 244 g/mol. The van der Waals surface area contributed by atoms with Gasteiger partial charge in [0.2, 0.25) is 11.8 Å². The molecule has 0 radical (unpaired) electrons. The molecule has 1 saturated heterocycles. The summed E-state index contributed by atoms with van der Waals surface area (Å²) < 4.78 is 0. The molecule has 1 heterocycles. The highest BCUT2D eigenvalue weighted by atomic mass is 32.1. The summed E-state index contributed by atoms with van der Waals surface area (Å²) in [7, 11) is 0. The van der Waals surface area contributed by atoms with Gasteiger partial charge in [0.05, 0.1) is 5.25 Å². The van der Waals surface area contributed by atoms with Gasteiger partial charge in [-0.25, -0.2) is 0 Å². The van der Waals surface area contributed by atoms with Gasteiger partial charge in [-0.15, -0.1) is 0 Å². The van der Waals surface area contributed by atoms with Gasteiger partial charge in [-0.1, -0.05) is 6.92 Å². The Morgan fingerprint density at radius 3 is 2.25 bits per heavy atom. The van der Waals surface area contributed by atoms with Crippen molar-refractivity contribution in [1.29, 1.82) is 0 Å². The summed E-state index contributed by atoms with van der Waals surface area (Å²) in [6.07, 6.45) is 0. The fourth-order valence-electron chi connectivity index (χ4n) is 1.98. The topological polar surface area (TPSA) is 40.6 Å². The second kappa shape index (κ2) is 5.57. The Bertz CT molecular complexity index is 281. The number of rotatable bonds is 1. The number of amides is 2. The van der Waals surface area contributed by atoms with Gasteiger partial charge >= 0.3 is 0 Å². The number of thiol groups is 1. The van der Waals surface area contributed by atoms with Crippen LogP contribution >= 0.6 is 12.6 Å². The summed E-state index contributed by atoms with van der Waals surface area (Å²) in [5, 5.41) is -0.268. The van der Waals surface area contributed by atoms with E-state index in [1.165, 1.54) is 0 Å². The maximum atomic E-state index is 11.8. The van der Waals surface area contributed by atoms with Crippen molar-refractivity contribution in [2.75, 3.05) is 26.2 Å². The number of carbonyl (C=O) groups is 2. The summed E-state index contributed by atoms with van der Waals surface area (Å²) in [5.41, 5.74) is 0.